The second-order valence-corrected chi connectivity index (χ2v) is 8.44. The minimum absolute atomic E-state index is 0.0572. The van der Waals surface area contributed by atoms with Gasteiger partial charge in [0.25, 0.3) is 15.7 Å². The Kier molecular flexibility index (Phi) is 6.74. The highest BCUT2D eigenvalue weighted by molar-refractivity contribution is 7.92. The third-order valence-electron chi connectivity index (χ3n) is 4.22. The van der Waals surface area contributed by atoms with Crippen LogP contribution in [-0.4, -0.2) is 31.0 Å². The van der Waals surface area contributed by atoms with Crippen molar-refractivity contribution in [3.05, 3.63) is 64.2 Å². The maximum absolute atomic E-state index is 13.2. The van der Waals surface area contributed by atoms with Crippen molar-refractivity contribution in [1.29, 1.82) is 0 Å². The number of aliphatic carboxylic acids is 1. The van der Waals surface area contributed by atoms with Gasteiger partial charge in [-0.05, 0) is 36.1 Å². The van der Waals surface area contributed by atoms with Gasteiger partial charge in [0, 0.05) is 25.1 Å². The number of carbonyl (C=O) groups is 1. The second-order valence-electron chi connectivity index (χ2n) is 6.58. The molecule has 1 N–H and O–H groups in total. The Balaban J connectivity index is 2.45. The van der Waals surface area contributed by atoms with Crippen LogP contribution < -0.4 is 4.31 Å². The molecule has 8 nitrogen and oxygen atoms in total. The minimum Gasteiger partial charge on any atom is -0.481 e. The summed E-state index contributed by atoms with van der Waals surface area (Å²) in [5.74, 6) is -0.759. The highest BCUT2D eigenvalue weighted by Gasteiger charge is 2.26. The van der Waals surface area contributed by atoms with Gasteiger partial charge in [0.2, 0.25) is 0 Å². The van der Waals surface area contributed by atoms with Gasteiger partial charge in [-0.3, -0.25) is 19.2 Å². The zero-order valence-corrected chi connectivity index (χ0v) is 16.4. The van der Waals surface area contributed by atoms with Crippen LogP contribution in [-0.2, 0) is 14.8 Å². The number of rotatable bonds is 9. The highest BCUT2D eigenvalue weighted by atomic mass is 32.2. The molecule has 0 saturated carbocycles. The van der Waals surface area contributed by atoms with Crippen LogP contribution in [0, 0.1) is 10.1 Å². The summed E-state index contributed by atoms with van der Waals surface area (Å²) in [7, 11) is -4.11. The standard InChI is InChI=1S/C19H22N2O6S/c1-14(2)15-8-10-16(11-9-15)20(12-4-7-19(22)23)28(26,27)18-6-3-5-17(13-18)21(24)25/h3,5-6,8-11,13-14H,4,7,12H2,1-2H3,(H,22,23). The summed E-state index contributed by atoms with van der Waals surface area (Å²) in [5, 5.41) is 19.9. The number of sulfonamides is 1. The lowest BCUT2D eigenvalue weighted by atomic mass is 10.0. The average molecular weight is 406 g/mol. The van der Waals surface area contributed by atoms with Crippen molar-refractivity contribution >= 4 is 27.4 Å². The van der Waals surface area contributed by atoms with Gasteiger partial charge < -0.3 is 5.11 Å². The number of nitro benzene ring substituents is 1. The van der Waals surface area contributed by atoms with Gasteiger partial charge in [0.15, 0.2) is 0 Å². The molecule has 0 aliphatic carbocycles. The molecule has 2 aromatic rings. The topological polar surface area (TPSA) is 118 Å². The summed E-state index contributed by atoms with van der Waals surface area (Å²) < 4.78 is 27.4. The van der Waals surface area contributed by atoms with Gasteiger partial charge in [-0.15, -0.1) is 0 Å². The van der Waals surface area contributed by atoms with E-state index in [0.717, 1.165) is 15.9 Å². The van der Waals surface area contributed by atoms with Crippen molar-refractivity contribution in [1.82, 2.24) is 0 Å². The fourth-order valence-corrected chi connectivity index (χ4v) is 4.22. The number of carboxylic acids is 1. The molecule has 0 atom stereocenters. The first kappa shape index (κ1) is 21.4. The SMILES string of the molecule is CC(C)c1ccc(N(CCCC(=O)O)S(=O)(=O)c2cccc([N+](=O)[O-])c2)cc1. The molecule has 2 rings (SSSR count). The van der Waals surface area contributed by atoms with Crippen molar-refractivity contribution in [3.8, 4) is 0 Å². The van der Waals surface area contributed by atoms with E-state index in [-0.39, 0.29) is 35.9 Å². The summed E-state index contributed by atoms with van der Waals surface area (Å²) in [4.78, 5) is 21.0. The average Bonchev–Trinajstić information content (AvgIpc) is 2.65. The molecule has 0 spiro atoms. The van der Waals surface area contributed by atoms with Crippen LogP contribution in [0.2, 0.25) is 0 Å². The van der Waals surface area contributed by atoms with E-state index >= 15 is 0 Å². The molecular formula is C19H22N2O6S. The molecule has 2 aromatic carbocycles. The molecule has 150 valence electrons. The Hall–Kier alpha value is -2.94. The minimum atomic E-state index is -4.11. The molecule has 0 aromatic heterocycles. The molecule has 0 unspecified atom stereocenters. The second kappa shape index (κ2) is 8.83. The van der Waals surface area contributed by atoms with Crippen molar-refractivity contribution < 1.29 is 23.2 Å². The number of carboxylic acid groups (broad SMARTS) is 1. The Labute approximate surface area is 163 Å². The van der Waals surface area contributed by atoms with E-state index < -0.39 is 20.9 Å². The van der Waals surface area contributed by atoms with Crippen LogP contribution in [0.1, 0.15) is 38.2 Å². The number of nitrogens with zero attached hydrogens (tertiary/aromatic N) is 2. The molecule has 0 heterocycles. The zero-order chi connectivity index (χ0) is 20.9. The Morgan fingerprint density at radius 3 is 2.36 bits per heavy atom. The fourth-order valence-electron chi connectivity index (χ4n) is 2.67. The summed E-state index contributed by atoms with van der Waals surface area (Å²) in [5.41, 5.74) is 1.07. The number of hydrogen-bond acceptors (Lipinski definition) is 5. The maximum Gasteiger partial charge on any atom is 0.303 e. The maximum atomic E-state index is 13.2. The van der Waals surface area contributed by atoms with Crippen LogP contribution in [0.15, 0.2) is 53.4 Å². The molecule has 0 bridgehead atoms. The lowest BCUT2D eigenvalue weighted by molar-refractivity contribution is -0.385. The van der Waals surface area contributed by atoms with Gasteiger partial charge >= 0.3 is 5.97 Å². The zero-order valence-electron chi connectivity index (χ0n) is 15.6. The summed E-state index contributed by atoms with van der Waals surface area (Å²) >= 11 is 0. The molecule has 0 aliphatic heterocycles. The number of hydrogen-bond donors (Lipinski definition) is 1. The molecule has 0 fully saturated rings. The van der Waals surface area contributed by atoms with Crippen LogP contribution in [0.4, 0.5) is 11.4 Å². The van der Waals surface area contributed by atoms with Crippen LogP contribution in [0.25, 0.3) is 0 Å². The predicted molar refractivity (Wildman–Crippen MR) is 105 cm³/mol. The van der Waals surface area contributed by atoms with Gasteiger partial charge in [0.05, 0.1) is 15.5 Å². The van der Waals surface area contributed by atoms with Gasteiger partial charge in [-0.25, -0.2) is 8.42 Å². The van der Waals surface area contributed by atoms with Crippen molar-refractivity contribution in [2.45, 2.75) is 37.5 Å². The van der Waals surface area contributed by atoms with Gasteiger partial charge in [0.1, 0.15) is 0 Å². The van der Waals surface area contributed by atoms with E-state index in [1.807, 2.05) is 26.0 Å². The van der Waals surface area contributed by atoms with Crippen LogP contribution in [0.3, 0.4) is 0 Å². The highest BCUT2D eigenvalue weighted by Crippen LogP contribution is 2.28. The summed E-state index contributed by atoms with van der Waals surface area (Å²) in [6.07, 6.45) is -0.0829. The van der Waals surface area contributed by atoms with E-state index in [1.54, 1.807) is 12.1 Å². The monoisotopic (exact) mass is 406 g/mol. The van der Waals surface area contributed by atoms with E-state index in [2.05, 4.69) is 0 Å². The lowest BCUT2D eigenvalue weighted by Gasteiger charge is -2.25. The van der Waals surface area contributed by atoms with Crippen LogP contribution >= 0.6 is 0 Å². The molecule has 0 radical (unpaired) electrons. The summed E-state index contributed by atoms with van der Waals surface area (Å²) in [6.45, 7) is 3.97. The first-order valence-electron chi connectivity index (χ1n) is 8.72. The van der Waals surface area contributed by atoms with Crippen LogP contribution in [0.5, 0.6) is 0 Å². The van der Waals surface area contributed by atoms with Gasteiger partial charge in [-0.2, -0.15) is 0 Å². The summed E-state index contributed by atoms with van der Waals surface area (Å²) in [6, 6.07) is 11.8. The predicted octanol–water partition coefficient (Wildman–Crippen LogP) is 3.78. The number of non-ortho nitro benzene ring substituents is 1. The van der Waals surface area contributed by atoms with Crippen molar-refractivity contribution in [2.75, 3.05) is 10.8 Å². The van der Waals surface area contributed by atoms with E-state index in [9.17, 15) is 23.3 Å². The van der Waals surface area contributed by atoms with E-state index in [0.29, 0.717) is 5.69 Å². The lowest BCUT2D eigenvalue weighted by Crippen LogP contribution is -2.32. The quantitative estimate of drug-likeness (QED) is 0.500. The fraction of sp³-hybridized carbons (Fsp3) is 0.316. The third kappa shape index (κ3) is 5.07. The molecule has 0 aliphatic rings. The molecule has 28 heavy (non-hydrogen) atoms. The normalized spacial score (nSPS) is 11.4. The Morgan fingerprint density at radius 2 is 1.82 bits per heavy atom. The van der Waals surface area contributed by atoms with E-state index in [1.165, 1.54) is 18.2 Å². The smallest absolute Gasteiger partial charge is 0.303 e. The Bertz CT molecular complexity index is 955. The number of nitro groups is 1. The van der Waals surface area contributed by atoms with Crippen molar-refractivity contribution in [3.63, 3.8) is 0 Å². The largest absolute Gasteiger partial charge is 0.481 e. The van der Waals surface area contributed by atoms with E-state index in [4.69, 9.17) is 5.11 Å². The van der Waals surface area contributed by atoms with Crippen molar-refractivity contribution in [2.24, 2.45) is 0 Å². The molecule has 9 heteroatoms. The molecule has 0 amide bonds. The molecular weight excluding hydrogens is 384 g/mol. The first-order valence-corrected chi connectivity index (χ1v) is 10.2. The number of anilines is 1. The first-order chi connectivity index (χ1) is 13.1. The third-order valence-corrected chi connectivity index (χ3v) is 6.04. The van der Waals surface area contributed by atoms with Gasteiger partial charge in [-0.1, -0.05) is 32.0 Å². The molecule has 0 saturated heterocycles. The number of benzene rings is 2. The Morgan fingerprint density at radius 1 is 1.18 bits per heavy atom.